The fourth-order valence-electron chi connectivity index (χ4n) is 2.69. The molecular weight excluding hydrogens is 442 g/mol. The largest absolute Gasteiger partial charge is 1.00 e. The highest BCUT2D eigenvalue weighted by Crippen LogP contribution is 2.31. The van der Waals surface area contributed by atoms with Gasteiger partial charge in [0.15, 0.2) is 23.7 Å². The van der Waals surface area contributed by atoms with Gasteiger partial charge >= 0.3 is 0 Å². The molecule has 0 saturated heterocycles. The molecule has 8 nitrogen and oxygen atoms in total. The summed E-state index contributed by atoms with van der Waals surface area (Å²) in [5, 5.41) is 10.9. The van der Waals surface area contributed by atoms with Gasteiger partial charge < -0.3 is 26.5 Å². The van der Waals surface area contributed by atoms with Crippen molar-refractivity contribution in [1.29, 1.82) is 0 Å². The van der Waals surface area contributed by atoms with Crippen LogP contribution < -0.4 is 31.0 Å². The van der Waals surface area contributed by atoms with Crippen LogP contribution in [0.25, 0.3) is 11.3 Å². The standard InChI is InChI=1S/C20H18N3O5.BrH/c1-27-19-7-6-14(11-20(19)28-2)17-8-9-22(13-21-17)12-18(24)15-4-3-5-16(10-15)23(25)26;/h3-11,13H,12H2,1-2H3;1H/q+1;/p-1. The Morgan fingerprint density at radius 1 is 1.10 bits per heavy atom. The third kappa shape index (κ3) is 5.14. The molecule has 0 spiro atoms. The second-order valence-electron chi connectivity index (χ2n) is 5.92. The first-order chi connectivity index (χ1) is 13.5. The number of nitro groups is 1. The van der Waals surface area contributed by atoms with Crippen molar-refractivity contribution in [2.75, 3.05) is 14.2 Å². The van der Waals surface area contributed by atoms with Gasteiger partial charge in [0.2, 0.25) is 5.78 Å². The van der Waals surface area contributed by atoms with E-state index in [1.807, 2.05) is 12.1 Å². The highest BCUT2D eigenvalue weighted by Gasteiger charge is 2.15. The molecule has 150 valence electrons. The summed E-state index contributed by atoms with van der Waals surface area (Å²) < 4.78 is 12.1. The van der Waals surface area contributed by atoms with Crippen molar-refractivity contribution in [3.63, 3.8) is 0 Å². The van der Waals surface area contributed by atoms with E-state index in [0.717, 1.165) is 5.56 Å². The van der Waals surface area contributed by atoms with Crippen LogP contribution in [0.4, 0.5) is 5.69 Å². The maximum atomic E-state index is 12.4. The molecule has 0 N–H and O–H groups in total. The maximum Gasteiger partial charge on any atom is 0.287 e. The molecular formula is C20H18BrN3O5. The van der Waals surface area contributed by atoms with Crippen LogP contribution in [0.2, 0.25) is 0 Å². The Hall–Kier alpha value is -3.33. The fraction of sp³-hybridized carbons (Fsp3) is 0.150. The van der Waals surface area contributed by atoms with Gasteiger partial charge in [0, 0.05) is 29.3 Å². The summed E-state index contributed by atoms with van der Waals surface area (Å²) >= 11 is 0. The van der Waals surface area contributed by atoms with E-state index in [1.54, 1.807) is 49.5 Å². The number of rotatable bonds is 7. The van der Waals surface area contributed by atoms with Crippen LogP contribution in [0.3, 0.4) is 0 Å². The number of halogens is 1. The number of aromatic nitrogens is 2. The zero-order valence-corrected chi connectivity index (χ0v) is 17.3. The van der Waals surface area contributed by atoms with Gasteiger partial charge in [0.25, 0.3) is 12.0 Å². The number of nitro benzene ring substituents is 1. The minimum Gasteiger partial charge on any atom is -1.00 e. The Morgan fingerprint density at radius 3 is 2.48 bits per heavy atom. The van der Waals surface area contributed by atoms with E-state index in [4.69, 9.17) is 9.47 Å². The minimum atomic E-state index is -0.524. The van der Waals surface area contributed by atoms with E-state index in [2.05, 4.69) is 4.98 Å². The van der Waals surface area contributed by atoms with E-state index < -0.39 is 4.92 Å². The van der Waals surface area contributed by atoms with Crippen LogP contribution in [0.15, 0.2) is 61.1 Å². The molecule has 0 aliphatic heterocycles. The minimum absolute atomic E-state index is 0. The van der Waals surface area contributed by atoms with Gasteiger partial charge in [0.1, 0.15) is 0 Å². The third-order valence-corrected chi connectivity index (χ3v) is 4.15. The Bertz CT molecular complexity index is 1020. The van der Waals surface area contributed by atoms with Gasteiger partial charge in [-0.15, -0.1) is 0 Å². The summed E-state index contributed by atoms with van der Waals surface area (Å²) in [5.74, 6) is 0.980. The average molecular weight is 460 g/mol. The van der Waals surface area contributed by atoms with Crippen LogP contribution in [-0.2, 0) is 6.54 Å². The topological polar surface area (TPSA) is 95.4 Å². The molecule has 1 aromatic heterocycles. The monoisotopic (exact) mass is 459 g/mol. The molecule has 0 unspecified atom stereocenters. The molecule has 0 aliphatic carbocycles. The van der Waals surface area contributed by atoms with Crippen LogP contribution in [0.5, 0.6) is 11.5 Å². The lowest BCUT2D eigenvalue weighted by molar-refractivity contribution is -0.686. The molecule has 9 heteroatoms. The summed E-state index contributed by atoms with van der Waals surface area (Å²) in [5.41, 5.74) is 1.72. The first-order valence-corrected chi connectivity index (χ1v) is 8.37. The average Bonchev–Trinajstić information content (AvgIpc) is 2.73. The van der Waals surface area contributed by atoms with E-state index in [9.17, 15) is 14.9 Å². The quantitative estimate of drug-likeness (QED) is 0.211. The van der Waals surface area contributed by atoms with E-state index in [1.165, 1.54) is 18.2 Å². The van der Waals surface area contributed by atoms with Crippen molar-refractivity contribution in [2.24, 2.45) is 0 Å². The lowest BCUT2D eigenvalue weighted by Crippen LogP contribution is -3.00. The van der Waals surface area contributed by atoms with Crippen LogP contribution in [0, 0.1) is 10.1 Å². The molecule has 0 fully saturated rings. The molecule has 29 heavy (non-hydrogen) atoms. The van der Waals surface area contributed by atoms with Crippen molar-refractivity contribution < 1.29 is 40.7 Å². The number of nitrogens with zero attached hydrogens (tertiary/aromatic N) is 3. The van der Waals surface area contributed by atoms with Crippen molar-refractivity contribution in [3.8, 4) is 22.8 Å². The molecule has 2 aromatic carbocycles. The molecule has 1 heterocycles. The number of carbonyl (C=O) groups excluding carboxylic acids is 1. The van der Waals surface area contributed by atoms with Gasteiger partial charge in [-0.05, 0) is 23.2 Å². The zero-order valence-electron chi connectivity index (χ0n) is 15.7. The van der Waals surface area contributed by atoms with Crippen LogP contribution >= 0.6 is 0 Å². The molecule has 0 aliphatic rings. The first kappa shape index (κ1) is 22.0. The van der Waals surface area contributed by atoms with Gasteiger partial charge in [0.05, 0.1) is 25.3 Å². The molecule has 0 atom stereocenters. The lowest BCUT2D eigenvalue weighted by atomic mass is 10.1. The van der Waals surface area contributed by atoms with Gasteiger partial charge in [-0.2, -0.15) is 0 Å². The zero-order chi connectivity index (χ0) is 20.1. The SMILES string of the molecule is COc1ccc(-c2cc[n+](CC(=O)c3cccc([N+](=O)[O-])c3)cn2)cc1OC.[Br-]. The second-order valence-corrected chi connectivity index (χ2v) is 5.92. The number of benzene rings is 2. The smallest absolute Gasteiger partial charge is 0.287 e. The number of ketones is 1. The fourth-order valence-corrected chi connectivity index (χ4v) is 2.69. The van der Waals surface area contributed by atoms with E-state index in [0.29, 0.717) is 17.2 Å². The summed E-state index contributed by atoms with van der Waals surface area (Å²) in [6.45, 7) is 0.0282. The van der Waals surface area contributed by atoms with Crippen molar-refractivity contribution in [1.82, 2.24) is 4.98 Å². The van der Waals surface area contributed by atoms with E-state index >= 15 is 0 Å². The Morgan fingerprint density at radius 2 is 1.86 bits per heavy atom. The van der Waals surface area contributed by atoms with Crippen LogP contribution in [-0.4, -0.2) is 29.9 Å². The van der Waals surface area contributed by atoms with Gasteiger partial charge in [-0.25, -0.2) is 4.57 Å². The van der Waals surface area contributed by atoms with Crippen molar-refractivity contribution in [2.45, 2.75) is 6.54 Å². The lowest BCUT2D eigenvalue weighted by Gasteiger charge is -2.08. The number of non-ortho nitro benzene ring substituents is 1. The summed E-state index contributed by atoms with van der Waals surface area (Å²) in [6.07, 6.45) is 3.27. The Labute approximate surface area is 177 Å². The molecule has 0 saturated carbocycles. The number of ether oxygens (including phenoxy) is 2. The highest BCUT2D eigenvalue weighted by molar-refractivity contribution is 5.95. The normalized spacial score (nSPS) is 10.0. The predicted molar refractivity (Wildman–Crippen MR) is 100 cm³/mol. The number of methoxy groups -OCH3 is 2. The summed E-state index contributed by atoms with van der Waals surface area (Å²) in [4.78, 5) is 27.1. The summed E-state index contributed by atoms with van der Waals surface area (Å²) in [7, 11) is 3.13. The van der Waals surface area contributed by atoms with Gasteiger partial charge in [-0.1, -0.05) is 12.1 Å². The molecule has 0 amide bonds. The second kappa shape index (κ2) is 9.74. The summed E-state index contributed by atoms with van der Waals surface area (Å²) in [6, 6.07) is 12.9. The molecule has 0 radical (unpaired) electrons. The van der Waals surface area contributed by atoms with E-state index in [-0.39, 0.29) is 40.6 Å². The number of hydrogen-bond donors (Lipinski definition) is 0. The molecule has 0 bridgehead atoms. The number of hydrogen-bond acceptors (Lipinski definition) is 6. The molecule has 3 rings (SSSR count). The Balaban J connectivity index is 0.00000300. The Kier molecular flexibility index (Phi) is 7.38. The highest BCUT2D eigenvalue weighted by atomic mass is 79.9. The first-order valence-electron chi connectivity index (χ1n) is 8.37. The maximum absolute atomic E-state index is 12.4. The van der Waals surface area contributed by atoms with Crippen molar-refractivity contribution in [3.05, 3.63) is 76.7 Å². The molecule has 3 aromatic rings. The van der Waals surface area contributed by atoms with Crippen LogP contribution in [0.1, 0.15) is 10.4 Å². The number of Topliss-reactive ketones (excluding diaryl/α,β-unsaturated/α-hetero) is 1. The predicted octanol–water partition coefficient (Wildman–Crippen LogP) is -0.152. The number of carbonyl (C=O) groups is 1. The van der Waals surface area contributed by atoms with Gasteiger partial charge in [-0.3, -0.25) is 14.9 Å². The third-order valence-electron chi connectivity index (χ3n) is 4.15. The van der Waals surface area contributed by atoms with Crippen molar-refractivity contribution >= 4 is 11.5 Å².